The summed E-state index contributed by atoms with van der Waals surface area (Å²) < 4.78 is 2.14. The highest BCUT2D eigenvalue weighted by molar-refractivity contribution is 5.08. The Morgan fingerprint density at radius 2 is 2.15 bits per heavy atom. The van der Waals surface area contributed by atoms with Gasteiger partial charge in [0.2, 0.25) is 0 Å². The van der Waals surface area contributed by atoms with Crippen LogP contribution in [0.3, 0.4) is 0 Å². The highest BCUT2D eigenvalue weighted by Crippen LogP contribution is 2.41. The molecule has 4 nitrogen and oxygen atoms in total. The van der Waals surface area contributed by atoms with E-state index in [2.05, 4.69) is 41.1 Å². The molecule has 1 aliphatic carbocycles. The van der Waals surface area contributed by atoms with Gasteiger partial charge in [0.15, 0.2) is 0 Å². The molecular weight excluding hydrogens is 248 g/mol. The summed E-state index contributed by atoms with van der Waals surface area (Å²) in [5.74, 6) is 2.25. The van der Waals surface area contributed by atoms with Gasteiger partial charge in [-0.25, -0.2) is 4.68 Å². The summed E-state index contributed by atoms with van der Waals surface area (Å²) in [4.78, 5) is 0. The third-order valence-electron chi connectivity index (χ3n) is 4.80. The minimum absolute atomic E-state index is 0.634. The van der Waals surface area contributed by atoms with E-state index in [9.17, 15) is 0 Å². The minimum atomic E-state index is 0.634. The maximum atomic E-state index is 4.29. The molecule has 1 aliphatic rings. The molecule has 4 heteroatoms. The van der Waals surface area contributed by atoms with Crippen LogP contribution in [0.2, 0.25) is 0 Å². The summed E-state index contributed by atoms with van der Waals surface area (Å²) in [6.45, 7) is 9.92. The van der Waals surface area contributed by atoms with E-state index in [0.29, 0.717) is 5.92 Å². The number of rotatable bonds is 7. The number of nitrogens with one attached hydrogen (secondary N) is 1. The maximum Gasteiger partial charge on any atom is 0.0728 e. The molecule has 1 aromatic rings. The summed E-state index contributed by atoms with van der Waals surface area (Å²) in [6.07, 6.45) is 8.48. The van der Waals surface area contributed by atoms with Crippen LogP contribution in [-0.2, 0) is 6.54 Å². The molecule has 1 heterocycles. The standard InChI is InChI=1S/C16H30N4/c1-4-9-20-16(12-18-19-20)15-10-13(5-2)7-8-14(15)11-17-6-3/h12-15,17H,4-11H2,1-3H3. The summed E-state index contributed by atoms with van der Waals surface area (Å²) in [6, 6.07) is 0. The molecule has 1 fully saturated rings. The van der Waals surface area contributed by atoms with E-state index in [4.69, 9.17) is 0 Å². The van der Waals surface area contributed by atoms with Crippen molar-refractivity contribution in [1.82, 2.24) is 20.3 Å². The van der Waals surface area contributed by atoms with E-state index in [-0.39, 0.29) is 0 Å². The molecule has 0 bridgehead atoms. The second-order valence-corrected chi connectivity index (χ2v) is 6.14. The molecule has 0 spiro atoms. The number of hydrogen-bond acceptors (Lipinski definition) is 3. The Labute approximate surface area is 123 Å². The second kappa shape index (κ2) is 7.77. The molecule has 0 saturated heterocycles. The van der Waals surface area contributed by atoms with Crippen molar-refractivity contribution in [3.8, 4) is 0 Å². The molecule has 0 aromatic carbocycles. The molecule has 2 rings (SSSR count). The number of hydrogen-bond donors (Lipinski definition) is 1. The van der Waals surface area contributed by atoms with E-state index in [1.54, 1.807) is 0 Å². The van der Waals surface area contributed by atoms with Crippen molar-refractivity contribution in [1.29, 1.82) is 0 Å². The Hall–Kier alpha value is -0.900. The SMILES string of the molecule is CCCn1nncc1C1CC(CC)CCC1CNCC. The highest BCUT2D eigenvalue weighted by Gasteiger charge is 2.32. The third kappa shape index (κ3) is 3.60. The molecule has 0 aliphatic heterocycles. The predicted octanol–water partition coefficient (Wildman–Crippen LogP) is 3.21. The Morgan fingerprint density at radius 1 is 1.30 bits per heavy atom. The van der Waals surface area contributed by atoms with Gasteiger partial charge in [-0.3, -0.25) is 0 Å². The van der Waals surface area contributed by atoms with Gasteiger partial charge in [-0.2, -0.15) is 0 Å². The fourth-order valence-corrected chi connectivity index (χ4v) is 3.57. The summed E-state index contributed by atoms with van der Waals surface area (Å²) >= 11 is 0. The first-order chi connectivity index (χ1) is 9.80. The molecule has 3 unspecified atom stereocenters. The van der Waals surface area contributed by atoms with E-state index in [1.807, 2.05) is 6.20 Å². The lowest BCUT2D eigenvalue weighted by Crippen LogP contribution is -2.33. The van der Waals surface area contributed by atoms with Gasteiger partial charge >= 0.3 is 0 Å². The van der Waals surface area contributed by atoms with E-state index in [0.717, 1.165) is 37.9 Å². The summed E-state index contributed by atoms with van der Waals surface area (Å²) in [5.41, 5.74) is 1.37. The Balaban J connectivity index is 2.14. The smallest absolute Gasteiger partial charge is 0.0728 e. The number of aromatic nitrogens is 3. The van der Waals surface area contributed by atoms with Gasteiger partial charge in [0.1, 0.15) is 0 Å². The third-order valence-corrected chi connectivity index (χ3v) is 4.80. The summed E-state index contributed by atoms with van der Waals surface area (Å²) in [5, 5.41) is 12.0. The monoisotopic (exact) mass is 278 g/mol. The first kappa shape index (κ1) is 15.5. The predicted molar refractivity (Wildman–Crippen MR) is 82.7 cm³/mol. The zero-order valence-electron chi connectivity index (χ0n) is 13.3. The minimum Gasteiger partial charge on any atom is -0.317 e. The van der Waals surface area contributed by atoms with Crippen LogP contribution in [0, 0.1) is 11.8 Å². The molecule has 0 amide bonds. The Bertz CT molecular complexity index is 388. The van der Waals surface area contributed by atoms with Crippen molar-refractivity contribution in [2.75, 3.05) is 13.1 Å². The molecule has 1 N–H and O–H groups in total. The second-order valence-electron chi connectivity index (χ2n) is 6.14. The molecule has 114 valence electrons. The molecule has 1 aromatic heterocycles. The lowest BCUT2D eigenvalue weighted by Gasteiger charge is -2.36. The van der Waals surface area contributed by atoms with Crippen molar-refractivity contribution in [3.63, 3.8) is 0 Å². The average Bonchev–Trinajstić information content (AvgIpc) is 2.93. The topological polar surface area (TPSA) is 42.7 Å². The van der Waals surface area contributed by atoms with Gasteiger partial charge in [-0.1, -0.05) is 38.8 Å². The molecule has 1 saturated carbocycles. The van der Waals surface area contributed by atoms with Gasteiger partial charge in [-0.05, 0) is 44.2 Å². The fraction of sp³-hybridized carbons (Fsp3) is 0.875. The molecular formula is C16H30N4. The van der Waals surface area contributed by atoms with Crippen molar-refractivity contribution in [2.24, 2.45) is 11.8 Å². The van der Waals surface area contributed by atoms with Gasteiger partial charge in [0.05, 0.1) is 11.9 Å². The Morgan fingerprint density at radius 3 is 2.85 bits per heavy atom. The lowest BCUT2D eigenvalue weighted by molar-refractivity contribution is 0.218. The van der Waals surface area contributed by atoms with Crippen LogP contribution >= 0.6 is 0 Å². The van der Waals surface area contributed by atoms with Gasteiger partial charge in [0, 0.05) is 12.5 Å². The van der Waals surface area contributed by atoms with Crippen molar-refractivity contribution >= 4 is 0 Å². The van der Waals surface area contributed by atoms with Crippen LogP contribution < -0.4 is 5.32 Å². The quantitative estimate of drug-likeness (QED) is 0.833. The van der Waals surface area contributed by atoms with Crippen LogP contribution in [-0.4, -0.2) is 28.1 Å². The fourth-order valence-electron chi connectivity index (χ4n) is 3.57. The van der Waals surface area contributed by atoms with Gasteiger partial charge < -0.3 is 5.32 Å². The zero-order chi connectivity index (χ0) is 14.4. The van der Waals surface area contributed by atoms with Crippen molar-refractivity contribution < 1.29 is 0 Å². The van der Waals surface area contributed by atoms with Crippen LogP contribution in [0.25, 0.3) is 0 Å². The molecule has 3 atom stereocenters. The Kier molecular flexibility index (Phi) is 6.02. The van der Waals surface area contributed by atoms with Crippen molar-refractivity contribution in [3.05, 3.63) is 11.9 Å². The number of nitrogens with zero attached hydrogens (tertiary/aromatic N) is 3. The zero-order valence-corrected chi connectivity index (χ0v) is 13.3. The van der Waals surface area contributed by atoms with Crippen LogP contribution in [0.15, 0.2) is 6.20 Å². The van der Waals surface area contributed by atoms with Crippen LogP contribution in [0.4, 0.5) is 0 Å². The van der Waals surface area contributed by atoms with Gasteiger partial charge in [0.25, 0.3) is 0 Å². The molecule has 20 heavy (non-hydrogen) atoms. The first-order valence-electron chi connectivity index (χ1n) is 8.39. The maximum absolute atomic E-state index is 4.29. The molecule has 0 radical (unpaired) electrons. The van der Waals surface area contributed by atoms with Gasteiger partial charge in [-0.15, -0.1) is 5.10 Å². The largest absolute Gasteiger partial charge is 0.317 e. The first-order valence-corrected chi connectivity index (χ1v) is 8.39. The average molecular weight is 278 g/mol. The summed E-state index contributed by atoms with van der Waals surface area (Å²) in [7, 11) is 0. The van der Waals surface area contributed by atoms with E-state index >= 15 is 0 Å². The number of aryl methyl sites for hydroxylation is 1. The van der Waals surface area contributed by atoms with Crippen molar-refractivity contribution in [2.45, 2.75) is 65.3 Å². The van der Waals surface area contributed by atoms with Crippen LogP contribution in [0.1, 0.15) is 64.5 Å². The van der Waals surface area contributed by atoms with E-state index in [1.165, 1.54) is 31.4 Å². The normalized spacial score (nSPS) is 26.9. The van der Waals surface area contributed by atoms with E-state index < -0.39 is 0 Å². The lowest BCUT2D eigenvalue weighted by atomic mass is 9.72. The highest BCUT2D eigenvalue weighted by atomic mass is 15.4. The van der Waals surface area contributed by atoms with Crippen LogP contribution in [0.5, 0.6) is 0 Å².